The van der Waals surface area contributed by atoms with Crippen molar-refractivity contribution in [2.45, 2.75) is 6.42 Å². The highest BCUT2D eigenvalue weighted by Crippen LogP contribution is 2.23. The quantitative estimate of drug-likeness (QED) is 0.812. The third-order valence-corrected chi connectivity index (χ3v) is 3.12. The maximum Gasteiger partial charge on any atom is 0.305 e. The standard InChI is InChI=1S/C13H10N4O4/c18-9(19)6-7-16-12(20)10-11(13(16)21)17(15-14-10)8-4-2-1-3-5-8/h1-5H,6-7H2,(H,18,19). The van der Waals surface area contributed by atoms with Gasteiger partial charge in [-0.15, -0.1) is 5.10 Å². The summed E-state index contributed by atoms with van der Waals surface area (Å²) in [5, 5.41) is 16.2. The van der Waals surface area contributed by atoms with E-state index < -0.39 is 17.8 Å². The zero-order chi connectivity index (χ0) is 15.0. The number of para-hydroxylation sites is 1. The number of aromatic nitrogens is 3. The maximum absolute atomic E-state index is 12.3. The zero-order valence-electron chi connectivity index (χ0n) is 10.8. The van der Waals surface area contributed by atoms with Gasteiger partial charge in [0.25, 0.3) is 11.8 Å². The minimum atomic E-state index is -1.08. The van der Waals surface area contributed by atoms with Gasteiger partial charge in [0.2, 0.25) is 0 Å². The summed E-state index contributed by atoms with van der Waals surface area (Å²) < 4.78 is 1.29. The van der Waals surface area contributed by atoms with Crippen LogP contribution in [0.15, 0.2) is 30.3 Å². The first-order valence-electron chi connectivity index (χ1n) is 6.18. The average molecular weight is 286 g/mol. The van der Waals surface area contributed by atoms with Gasteiger partial charge in [0.1, 0.15) is 0 Å². The van der Waals surface area contributed by atoms with Gasteiger partial charge in [-0.1, -0.05) is 23.4 Å². The molecule has 0 unspecified atom stereocenters. The number of nitrogens with zero attached hydrogens (tertiary/aromatic N) is 4. The number of carbonyl (C=O) groups excluding carboxylic acids is 2. The van der Waals surface area contributed by atoms with Crippen molar-refractivity contribution in [3.8, 4) is 5.69 Å². The van der Waals surface area contributed by atoms with Crippen LogP contribution in [0.5, 0.6) is 0 Å². The van der Waals surface area contributed by atoms with Crippen LogP contribution in [0.2, 0.25) is 0 Å². The van der Waals surface area contributed by atoms with Gasteiger partial charge in [0.05, 0.1) is 12.1 Å². The topological polar surface area (TPSA) is 105 Å². The molecule has 0 aliphatic carbocycles. The van der Waals surface area contributed by atoms with Crippen molar-refractivity contribution in [2.75, 3.05) is 6.54 Å². The Morgan fingerprint density at radius 1 is 1.14 bits per heavy atom. The molecule has 2 heterocycles. The van der Waals surface area contributed by atoms with Crippen molar-refractivity contribution in [3.63, 3.8) is 0 Å². The number of fused-ring (bicyclic) bond motifs is 1. The summed E-state index contributed by atoms with van der Waals surface area (Å²) in [7, 11) is 0. The fourth-order valence-corrected chi connectivity index (χ4v) is 2.13. The lowest BCUT2D eigenvalue weighted by Gasteiger charge is -2.12. The van der Waals surface area contributed by atoms with Crippen LogP contribution in [0.25, 0.3) is 5.69 Å². The molecule has 0 saturated carbocycles. The van der Waals surface area contributed by atoms with Crippen LogP contribution in [-0.4, -0.2) is 49.3 Å². The summed E-state index contributed by atoms with van der Waals surface area (Å²) in [4.78, 5) is 35.8. The molecule has 8 heteroatoms. The van der Waals surface area contributed by atoms with E-state index >= 15 is 0 Å². The number of imide groups is 1. The van der Waals surface area contributed by atoms with Crippen molar-refractivity contribution in [3.05, 3.63) is 41.7 Å². The van der Waals surface area contributed by atoms with Gasteiger partial charge in [-0.25, -0.2) is 4.68 Å². The Balaban J connectivity index is 1.97. The SMILES string of the molecule is O=C(O)CCN1C(=O)c2nnn(-c3ccccc3)c2C1=O. The molecule has 8 nitrogen and oxygen atoms in total. The molecule has 1 aliphatic heterocycles. The smallest absolute Gasteiger partial charge is 0.305 e. The molecule has 0 radical (unpaired) electrons. The first-order chi connectivity index (χ1) is 10.1. The molecule has 21 heavy (non-hydrogen) atoms. The predicted molar refractivity (Wildman–Crippen MR) is 69.0 cm³/mol. The molecule has 2 amide bonds. The second-order valence-electron chi connectivity index (χ2n) is 4.44. The molecule has 1 N–H and O–H groups in total. The molecule has 1 aliphatic rings. The van der Waals surface area contributed by atoms with Crippen LogP contribution in [0.3, 0.4) is 0 Å². The largest absolute Gasteiger partial charge is 0.481 e. The second kappa shape index (κ2) is 4.82. The highest BCUT2D eigenvalue weighted by atomic mass is 16.4. The summed E-state index contributed by atoms with van der Waals surface area (Å²) in [6, 6.07) is 8.81. The summed E-state index contributed by atoms with van der Waals surface area (Å²) >= 11 is 0. The van der Waals surface area contributed by atoms with E-state index in [0.717, 1.165) is 4.90 Å². The van der Waals surface area contributed by atoms with Gasteiger partial charge >= 0.3 is 5.97 Å². The van der Waals surface area contributed by atoms with Gasteiger partial charge in [0.15, 0.2) is 11.4 Å². The Kier molecular flexibility index (Phi) is 2.98. The summed E-state index contributed by atoms with van der Waals surface area (Å²) in [6.45, 7) is -0.182. The first kappa shape index (κ1) is 13.0. The second-order valence-corrected chi connectivity index (χ2v) is 4.44. The van der Waals surface area contributed by atoms with E-state index in [4.69, 9.17) is 5.11 Å². The third-order valence-electron chi connectivity index (χ3n) is 3.12. The molecule has 0 saturated heterocycles. The lowest BCUT2D eigenvalue weighted by Crippen LogP contribution is -2.33. The molecule has 1 aromatic heterocycles. The minimum absolute atomic E-state index is 0.0470. The molecule has 106 valence electrons. The predicted octanol–water partition coefficient (Wildman–Crippen LogP) is 0.338. The Bertz CT molecular complexity index is 738. The van der Waals surface area contributed by atoms with E-state index in [1.54, 1.807) is 24.3 Å². The molecule has 2 aromatic rings. The van der Waals surface area contributed by atoms with Gasteiger partial charge in [-0.2, -0.15) is 0 Å². The van der Waals surface area contributed by atoms with Crippen molar-refractivity contribution in [1.82, 2.24) is 19.9 Å². The maximum atomic E-state index is 12.3. The molecule has 0 spiro atoms. The number of carbonyl (C=O) groups is 3. The van der Waals surface area contributed by atoms with Crippen LogP contribution in [0.1, 0.15) is 27.4 Å². The van der Waals surface area contributed by atoms with E-state index in [-0.39, 0.29) is 24.4 Å². The Labute approximate surface area is 118 Å². The van der Waals surface area contributed by atoms with E-state index in [2.05, 4.69) is 10.3 Å². The first-order valence-corrected chi connectivity index (χ1v) is 6.18. The number of aliphatic carboxylic acids is 1. The molecule has 3 rings (SSSR count). The van der Waals surface area contributed by atoms with E-state index in [1.807, 2.05) is 6.07 Å². The number of carboxylic acid groups (broad SMARTS) is 1. The van der Waals surface area contributed by atoms with Gasteiger partial charge < -0.3 is 5.11 Å². The van der Waals surface area contributed by atoms with Crippen LogP contribution in [0.4, 0.5) is 0 Å². The van der Waals surface area contributed by atoms with Gasteiger partial charge in [0, 0.05) is 6.54 Å². The third kappa shape index (κ3) is 2.06. The lowest BCUT2D eigenvalue weighted by molar-refractivity contribution is -0.137. The molecule has 0 fully saturated rings. The van der Waals surface area contributed by atoms with Crippen molar-refractivity contribution >= 4 is 17.8 Å². The molecule has 0 atom stereocenters. The minimum Gasteiger partial charge on any atom is -0.481 e. The Morgan fingerprint density at radius 3 is 2.52 bits per heavy atom. The van der Waals surface area contributed by atoms with Crippen molar-refractivity contribution in [1.29, 1.82) is 0 Å². The number of benzene rings is 1. The highest BCUT2D eigenvalue weighted by molar-refractivity contribution is 6.19. The van der Waals surface area contributed by atoms with E-state index in [9.17, 15) is 14.4 Å². The molecular weight excluding hydrogens is 276 g/mol. The summed E-state index contributed by atoms with van der Waals surface area (Å²) in [5.74, 6) is -2.27. The van der Waals surface area contributed by atoms with Crippen LogP contribution >= 0.6 is 0 Å². The van der Waals surface area contributed by atoms with Crippen molar-refractivity contribution in [2.24, 2.45) is 0 Å². The Hall–Kier alpha value is -3.03. The van der Waals surface area contributed by atoms with E-state index in [1.165, 1.54) is 4.68 Å². The zero-order valence-corrected chi connectivity index (χ0v) is 10.8. The highest BCUT2D eigenvalue weighted by Gasteiger charge is 2.41. The van der Waals surface area contributed by atoms with E-state index in [0.29, 0.717) is 5.69 Å². The lowest BCUT2D eigenvalue weighted by atomic mass is 10.3. The molecule has 1 aromatic carbocycles. The monoisotopic (exact) mass is 286 g/mol. The van der Waals surface area contributed by atoms with Gasteiger partial charge in [-0.05, 0) is 12.1 Å². The normalized spacial score (nSPS) is 13.6. The summed E-state index contributed by atoms with van der Waals surface area (Å²) in [5.41, 5.74) is 0.623. The Morgan fingerprint density at radius 2 is 1.86 bits per heavy atom. The summed E-state index contributed by atoms with van der Waals surface area (Å²) in [6.07, 6.45) is -0.305. The van der Waals surface area contributed by atoms with Gasteiger partial charge in [-0.3, -0.25) is 19.3 Å². The van der Waals surface area contributed by atoms with Crippen LogP contribution in [-0.2, 0) is 4.79 Å². The number of hydrogen-bond donors (Lipinski definition) is 1. The fraction of sp³-hybridized carbons (Fsp3) is 0.154. The number of hydrogen-bond acceptors (Lipinski definition) is 5. The number of carboxylic acids is 1. The van der Waals surface area contributed by atoms with Crippen molar-refractivity contribution < 1.29 is 19.5 Å². The molecular formula is C13H10N4O4. The molecule has 0 bridgehead atoms. The van der Waals surface area contributed by atoms with Crippen LogP contribution < -0.4 is 0 Å². The van der Waals surface area contributed by atoms with Crippen LogP contribution in [0, 0.1) is 0 Å². The number of rotatable bonds is 4. The fourth-order valence-electron chi connectivity index (χ4n) is 2.13. The number of amides is 2. The average Bonchev–Trinajstić information content (AvgIpc) is 3.00.